The summed E-state index contributed by atoms with van der Waals surface area (Å²) >= 11 is 3.35. The molecule has 0 atom stereocenters. The van der Waals surface area contributed by atoms with Crippen LogP contribution in [0.1, 0.15) is 11.1 Å². The van der Waals surface area contributed by atoms with Gasteiger partial charge in [-0.1, -0.05) is 28.1 Å². The average Bonchev–Trinajstić information content (AvgIpc) is 2.44. The molecular formula is C15H14BrF2NO. The van der Waals surface area contributed by atoms with E-state index in [1.54, 1.807) is 24.3 Å². The Hall–Kier alpha value is -1.46. The summed E-state index contributed by atoms with van der Waals surface area (Å²) in [7, 11) is 1.43. The molecule has 0 radical (unpaired) electrons. The topological polar surface area (TPSA) is 21.3 Å². The zero-order valence-electron chi connectivity index (χ0n) is 10.9. The van der Waals surface area contributed by atoms with Gasteiger partial charge in [-0.3, -0.25) is 0 Å². The summed E-state index contributed by atoms with van der Waals surface area (Å²) in [6.07, 6.45) is 0. The Morgan fingerprint density at radius 2 is 1.85 bits per heavy atom. The van der Waals surface area contributed by atoms with Crippen LogP contribution >= 0.6 is 15.9 Å². The van der Waals surface area contributed by atoms with Crippen molar-refractivity contribution in [1.82, 2.24) is 5.32 Å². The van der Waals surface area contributed by atoms with E-state index in [4.69, 9.17) is 4.74 Å². The summed E-state index contributed by atoms with van der Waals surface area (Å²) in [6.45, 7) is 0.779. The Balaban J connectivity index is 2.01. The van der Waals surface area contributed by atoms with Crippen molar-refractivity contribution in [1.29, 1.82) is 0 Å². The maximum absolute atomic E-state index is 13.9. The summed E-state index contributed by atoms with van der Waals surface area (Å²) in [5.41, 5.74) is 1.30. The zero-order valence-corrected chi connectivity index (χ0v) is 12.5. The maximum atomic E-state index is 13.9. The van der Waals surface area contributed by atoms with Crippen molar-refractivity contribution in [3.8, 4) is 5.75 Å². The molecular weight excluding hydrogens is 328 g/mol. The highest BCUT2D eigenvalue weighted by Crippen LogP contribution is 2.21. The third kappa shape index (κ3) is 3.55. The second-order valence-corrected chi connectivity index (χ2v) is 5.13. The molecule has 0 aromatic heterocycles. The van der Waals surface area contributed by atoms with Gasteiger partial charge in [-0.25, -0.2) is 8.78 Å². The predicted molar refractivity (Wildman–Crippen MR) is 77.6 cm³/mol. The third-order valence-electron chi connectivity index (χ3n) is 2.90. The van der Waals surface area contributed by atoms with E-state index in [0.717, 1.165) is 10.0 Å². The van der Waals surface area contributed by atoms with Crippen molar-refractivity contribution in [2.24, 2.45) is 0 Å². The Morgan fingerprint density at radius 1 is 1.10 bits per heavy atom. The summed E-state index contributed by atoms with van der Waals surface area (Å²) < 4.78 is 32.8. The number of halogens is 3. The summed E-state index contributed by atoms with van der Waals surface area (Å²) in [5.74, 6) is -0.449. The molecule has 0 aliphatic heterocycles. The molecule has 5 heteroatoms. The number of ether oxygens (including phenoxy) is 1. The minimum absolute atomic E-state index is 0.219. The van der Waals surface area contributed by atoms with Gasteiger partial charge in [-0.05, 0) is 29.8 Å². The van der Waals surface area contributed by atoms with Gasteiger partial charge in [-0.2, -0.15) is 0 Å². The molecule has 2 rings (SSSR count). The van der Waals surface area contributed by atoms with E-state index in [9.17, 15) is 8.78 Å². The van der Waals surface area contributed by atoms with Crippen molar-refractivity contribution >= 4 is 15.9 Å². The minimum atomic E-state index is -0.374. The van der Waals surface area contributed by atoms with E-state index in [-0.39, 0.29) is 17.4 Å². The maximum Gasteiger partial charge on any atom is 0.169 e. The molecule has 2 aromatic carbocycles. The molecule has 0 saturated carbocycles. The highest BCUT2D eigenvalue weighted by Gasteiger charge is 2.08. The van der Waals surface area contributed by atoms with E-state index in [0.29, 0.717) is 18.7 Å². The molecule has 1 N–H and O–H groups in total. The first-order valence-electron chi connectivity index (χ1n) is 6.08. The molecule has 106 valence electrons. The fourth-order valence-electron chi connectivity index (χ4n) is 1.86. The SMILES string of the molecule is COc1cccc(CNCc2cc(F)ccc2Br)c1F. The Bertz CT molecular complexity index is 604. The van der Waals surface area contributed by atoms with Gasteiger partial charge in [-0.15, -0.1) is 0 Å². The molecule has 0 heterocycles. The van der Waals surface area contributed by atoms with Crippen molar-refractivity contribution < 1.29 is 13.5 Å². The lowest BCUT2D eigenvalue weighted by molar-refractivity contribution is 0.383. The van der Waals surface area contributed by atoms with E-state index < -0.39 is 0 Å². The van der Waals surface area contributed by atoms with Gasteiger partial charge in [0.2, 0.25) is 0 Å². The van der Waals surface area contributed by atoms with Crippen LogP contribution in [-0.2, 0) is 13.1 Å². The highest BCUT2D eigenvalue weighted by molar-refractivity contribution is 9.10. The molecule has 0 amide bonds. The molecule has 20 heavy (non-hydrogen) atoms. The van der Waals surface area contributed by atoms with Crippen LogP contribution in [0.4, 0.5) is 8.78 Å². The van der Waals surface area contributed by atoms with Crippen LogP contribution in [0.5, 0.6) is 5.75 Å². The Morgan fingerprint density at radius 3 is 2.60 bits per heavy atom. The lowest BCUT2D eigenvalue weighted by Gasteiger charge is -2.10. The number of nitrogens with one attached hydrogen (secondary N) is 1. The second kappa shape index (κ2) is 6.81. The van der Waals surface area contributed by atoms with E-state index in [1.807, 2.05) is 0 Å². The van der Waals surface area contributed by atoms with Gasteiger partial charge in [0, 0.05) is 23.1 Å². The monoisotopic (exact) mass is 341 g/mol. The fourth-order valence-corrected chi connectivity index (χ4v) is 2.25. The Labute approximate surface area is 124 Å². The van der Waals surface area contributed by atoms with Crippen LogP contribution in [0.3, 0.4) is 0 Å². The summed E-state index contributed by atoms with van der Waals surface area (Å²) in [4.78, 5) is 0. The van der Waals surface area contributed by atoms with Gasteiger partial charge < -0.3 is 10.1 Å². The van der Waals surface area contributed by atoms with Crippen molar-refractivity contribution in [3.05, 3.63) is 63.6 Å². The van der Waals surface area contributed by atoms with Crippen LogP contribution < -0.4 is 10.1 Å². The molecule has 2 nitrogen and oxygen atoms in total. The smallest absolute Gasteiger partial charge is 0.169 e. The van der Waals surface area contributed by atoms with Crippen molar-refractivity contribution in [2.75, 3.05) is 7.11 Å². The van der Waals surface area contributed by atoms with Gasteiger partial charge >= 0.3 is 0 Å². The average molecular weight is 342 g/mol. The lowest BCUT2D eigenvalue weighted by atomic mass is 10.2. The van der Waals surface area contributed by atoms with Crippen molar-refractivity contribution in [2.45, 2.75) is 13.1 Å². The zero-order chi connectivity index (χ0) is 14.5. The summed E-state index contributed by atoms with van der Waals surface area (Å²) in [6, 6.07) is 9.47. The molecule has 2 aromatic rings. The van der Waals surface area contributed by atoms with Gasteiger partial charge in [0.1, 0.15) is 5.82 Å². The molecule has 0 aliphatic rings. The second-order valence-electron chi connectivity index (χ2n) is 4.27. The fraction of sp³-hybridized carbons (Fsp3) is 0.200. The van der Waals surface area contributed by atoms with E-state index in [2.05, 4.69) is 21.2 Å². The predicted octanol–water partition coefficient (Wildman–Crippen LogP) is 4.03. The lowest BCUT2D eigenvalue weighted by Crippen LogP contribution is -2.14. The first-order valence-corrected chi connectivity index (χ1v) is 6.87. The first kappa shape index (κ1) is 14.9. The third-order valence-corrected chi connectivity index (χ3v) is 3.68. The van der Waals surface area contributed by atoms with E-state index in [1.165, 1.54) is 19.2 Å². The van der Waals surface area contributed by atoms with Crippen LogP contribution in [0, 0.1) is 11.6 Å². The van der Waals surface area contributed by atoms with E-state index >= 15 is 0 Å². The standard InChI is InChI=1S/C15H14BrF2NO/c1-20-14-4-2-3-10(15(14)18)8-19-9-11-7-12(17)5-6-13(11)16/h2-7,19H,8-9H2,1H3. The number of benzene rings is 2. The molecule has 0 bridgehead atoms. The number of rotatable bonds is 5. The normalized spacial score (nSPS) is 10.6. The van der Waals surface area contributed by atoms with Gasteiger partial charge in [0.25, 0.3) is 0 Å². The summed E-state index contributed by atoms with van der Waals surface area (Å²) in [5, 5.41) is 3.09. The molecule has 0 fully saturated rings. The van der Waals surface area contributed by atoms with Crippen LogP contribution in [0.2, 0.25) is 0 Å². The van der Waals surface area contributed by atoms with Crippen LogP contribution in [0.15, 0.2) is 40.9 Å². The minimum Gasteiger partial charge on any atom is -0.494 e. The van der Waals surface area contributed by atoms with Gasteiger partial charge in [0.05, 0.1) is 7.11 Å². The number of hydrogen-bond acceptors (Lipinski definition) is 2. The van der Waals surface area contributed by atoms with Crippen LogP contribution in [0.25, 0.3) is 0 Å². The Kier molecular flexibility index (Phi) is 5.09. The van der Waals surface area contributed by atoms with Gasteiger partial charge in [0.15, 0.2) is 11.6 Å². The molecule has 0 aliphatic carbocycles. The largest absolute Gasteiger partial charge is 0.494 e. The molecule has 0 saturated heterocycles. The van der Waals surface area contributed by atoms with Crippen LogP contribution in [-0.4, -0.2) is 7.11 Å². The highest BCUT2D eigenvalue weighted by atomic mass is 79.9. The number of methoxy groups -OCH3 is 1. The van der Waals surface area contributed by atoms with Crippen molar-refractivity contribution in [3.63, 3.8) is 0 Å². The molecule has 0 unspecified atom stereocenters. The first-order chi connectivity index (χ1) is 9.61. The quantitative estimate of drug-likeness (QED) is 0.886. The molecule has 0 spiro atoms. The number of hydrogen-bond donors (Lipinski definition) is 1.